The van der Waals surface area contributed by atoms with Gasteiger partial charge in [-0.05, 0) is 74.7 Å². The number of hydrogen-bond acceptors (Lipinski definition) is 4. The second kappa shape index (κ2) is 12.9. The zero-order valence-electron chi connectivity index (χ0n) is 22.1. The van der Waals surface area contributed by atoms with Crippen LogP contribution in [0.1, 0.15) is 37.0 Å². The molecule has 0 bridgehead atoms. The average Bonchev–Trinajstić information content (AvgIpc) is 2.89. The van der Waals surface area contributed by atoms with Crippen LogP contribution < -0.4 is 9.62 Å². The Kier molecular flexibility index (Phi) is 9.94. The Morgan fingerprint density at radius 1 is 0.947 bits per heavy atom. The molecule has 0 saturated carbocycles. The standard InChI is InChI=1S/C29H34ClN3O4S/c1-5-17-31-29(35)23(4)32(19-24-11-9-21(2)10-12-24)28(34)20-33(26-8-6-7-22(3)18-26)38(36,37)27-15-13-25(30)14-16-27/h6-16,18,23H,5,17,19-20H2,1-4H3,(H,31,35)/t23-/m1/s1. The van der Waals surface area contributed by atoms with Crippen LogP contribution in [0, 0.1) is 13.8 Å². The van der Waals surface area contributed by atoms with E-state index in [9.17, 15) is 18.0 Å². The van der Waals surface area contributed by atoms with Crippen molar-refractivity contribution >= 4 is 39.1 Å². The van der Waals surface area contributed by atoms with Crippen molar-refractivity contribution in [3.63, 3.8) is 0 Å². The number of halogens is 1. The second-order valence-corrected chi connectivity index (χ2v) is 11.6. The van der Waals surface area contributed by atoms with Gasteiger partial charge in [-0.15, -0.1) is 0 Å². The van der Waals surface area contributed by atoms with Gasteiger partial charge >= 0.3 is 0 Å². The Bertz CT molecular complexity index is 1360. The first-order valence-electron chi connectivity index (χ1n) is 12.5. The first-order valence-corrected chi connectivity index (χ1v) is 14.3. The normalized spacial score (nSPS) is 12.0. The van der Waals surface area contributed by atoms with E-state index < -0.39 is 28.5 Å². The zero-order chi connectivity index (χ0) is 27.9. The van der Waals surface area contributed by atoms with Gasteiger partial charge in [0.2, 0.25) is 11.8 Å². The Morgan fingerprint density at radius 3 is 2.21 bits per heavy atom. The van der Waals surface area contributed by atoms with Crippen molar-refractivity contribution in [2.75, 3.05) is 17.4 Å². The van der Waals surface area contributed by atoms with Gasteiger partial charge in [-0.3, -0.25) is 13.9 Å². The monoisotopic (exact) mass is 555 g/mol. The Hall–Kier alpha value is -3.36. The van der Waals surface area contributed by atoms with E-state index in [1.807, 2.05) is 51.1 Å². The summed E-state index contributed by atoms with van der Waals surface area (Å²) in [6.45, 7) is 7.57. The van der Waals surface area contributed by atoms with Gasteiger partial charge in [-0.1, -0.05) is 60.5 Å². The van der Waals surface area contributed by atoms with Crippen LogP contribution >= 0.6 is 11.6 Å². The summed E-state index contributed by atoms with van der Waals surface area (Å²) in [6.07, 6.45) is 0.755. The van der Waals surface area contributed by atoms with Gasteiger partial charge < -0.3 is 10.2 Å². The van der Waals surface area contributed by atoms with Gasteiger partial charge in [-0.2, -0.15) is 0 Å². The molecule has 1 N–H and O–H groups in total. The van der Waals surface area contributed by atoms with Crippen molar-refractivity contribution in [3.8, 4) is 0 Å². The van der Waals surface area contributed by atoms with E-state index >= 15 is 0 Å². The number of rotatable bonds is 11. The third-order valence-corrected chi connectivity index (χ3v) is 8.20. The van der Waals surface area contributed by atoms with Crippen LogP contribution in [-0.4, -0.2) is 44.3 Å². The molecule has 0 aliphatic rings. The number of anilines is 1. The molecule has 0 spiro atoms. The highest BCUT2D eigenvalue weighted by Gasteiger charge is 2.32. The van der Waals surface area contributed by atoms with Crippen molar-refractivity contribution in [3.05, 3.63) is 94.5 Å². The molecule has 0 unspecified atom stereocenters. The van der Waals surface area contributed by atoms with E-state index in [-0.39, 0.29) is 17.3 Å². The van der Waals surface area contributed by atoms with Gasteiger partial charge in [-0.25, -0.2) is 8.42 Å². The lowest BCUT2D eigenvalue weighted by Gasteiger charge is -2.32. The fourth-order valence-electron chi connectivity index (χ4n) is 3.91. The second-order valence-electron chi connectivity index (χ2n) is 9.28. The van der Waals surface area contributed by atoms with Crippen molar-refractivity contribution in [2.24, 2.45) is 0 Å². The molecule has 0 radical (unpaired) electrons. The fraction of sp³-hybridized carbons (Fsp3) is 0.310. The topological polar surface area (TPSA) is 86.8 Å². The summed E-state index contributed by atoms with van der Waals surface area (Å²) < 4.78 is 28.7. The Morgan fingerprint density at radius 2 is 1.61 bits per heavy atom. The molecule has 0 aromatic heterocycles. The molecule has 3 rings (SSSR count). The number of nitrogens with zero attached hydrogens (tertiary/aromatic N) is 2. The first-order chi connectivity index (χ1) is 18.0. The van der Waals surface area contributed by atoms with E-state index in [1.54, 1.807) is 25.1 Å². The van der Waals surface area contributed by atoms with E-state index in [0.29, 0.717) is 17.3 Å². The average molecular weight is 556 g/mol. The predicted octanol–water partition coefficient (Wildman–Crippen LogP) is 5.10. The van der Waals surface area contributed by atoms with Gasteiger partial charge in [0.1, 0.15) is 12.6 Å². The number of aryl methyl sites for hydroxylation is 2. The van der Waals surface area contributed by atoms with Crippen molar-refractivity contribution in [1.29, 1.82) is 0 Å². The van der Waals surface area contributed by atoms with Crippen LogP contribution in [0.5, 0.6) is 0 Å². The summed E-state index contributed by atoms with van der Waals surface area (Å²) in [5, 5.41) is 3.24. The lowest BCUT2D eigenvalue weighted by atomic mass is 10.1. The largest absolute Gasteiger partial charge is 0.354 e. The molecule has 202 valence electrons. The van der Waals surface area contributed by atoms with Crippen LogP contribution in [0.15, 0.2) is 77.7 Å². The van der Waals surface area contributed by atoms with Crippen LogP contribution in [0.3, 0.4) is 0 Å². The van der Waals surface area contributed by atoms with Crippen LogP contribution in [0.4, 0.5) is 5.69 Å². The van der Waals surface area contributed by atoms with Crippen LogP contribution in [-0.2, 0) is 26.2 Å². The van der Waals surface area contributed by atoms with Gasteiger partial charge in [0, 0.05) is 18.1 Å². The van der Waals surface area contributed by atoms with E-state index in [1.165, 1.54) is 29.2 Å². The number of carbonyl (C=O) groups excluding carboxylic acids is 2. The minimum Gasteiger partial charge on any atom is -0.354 e. The maximum Gasteiger partial charge on any atom is 0.264 e. The summed E-state index contributed by atoms with van der Waals surface area (Å²) in [4.78, 5) is 28.2. The van der Waals surface area contributed by atoms with Crippen LogP contribution in [0.2, 0.25) is 5.02 Å². The smallest absolute Gasteiger partial charge is 0.264 e. The van der Waals surface area contributed by atoms with E-state index in [2.05, 4.69) is 5.32 Å². The Balaban J connectivity index is 2.01. The van der Waals surface area contributed by atoms with Crippen molar-refractivity contribution < 1.29 is 18.0 Å². The fourth-order valence-corrected chi connectivity index (χ4v) is 5.45. The molecule has 7 nitrogen and oxygen atoms in total. The lowest BCUT2D eigenvalue weighted by molar-refractivity contribution is -0.139. The van der Waals surface area contributed by atoms with Crippen molar-refractivity contribution in [2.45, 2.75) is 51.6 Å². The highest BCUT2D eigenvalue weighted by atomic mass is 35.5. The molecular weight excluding hydrogens is 522 g/mol. The molecule has 0 aliphatic carbocycles. The molecule has 3 aromatic rings. The summed E-state index contributed by atoms with van der Waals surface area (Å²) >= 11 is 5.99. The van der Waals surface area contributed by atoms with Gasteiger partial charge in [0.05, 0.1) is 10.6 Å². The number of benzene rings is 3. The maximum atomic E-state index is 13.9. The van der Waals surface area contributed by atoms with Crippen LogP contribution in [0.25, 0.3) is 0 Å². The number of carbonyl (C=O) groups is 2. The van der Waals surface area contributed by atoms with Gasteiger partial charge in [0.25, 0.3) is 10.0 Å². The molecular formula is C29H34ClN3O4S. The third-order valence-electron chi connectivity index (χ3n) is 6.16. The zero-order valence-corrected chi connectivity index (χ0v) is 23.7. The summed E-state index contributed by atoms with van der Waals surface area (Å²) in [6, 6.07) is 19.6. The van der Waals surface area contributed by atoms with E-state index in [0.717, 1.165) is 27.4 Å². The molecule has 0 saturated heterocycles. The molecule has 2 amide bonds. The Labute approximate surface area is 230 Å². The maximum absolute atomic E-state index is 13.9. The third kappa shape index (κ3) is 7.36. The minimum atomic E-state index is -4.13. The summed E-state index contributed by atoms with van der Waals surface area (Å²) in [7, 11) is -4.13. The highest BCUT2D eigenvalue weighted by Crippen LogP contribution is 2.26. The highest BCUT2D eigenvalue weighted by molar-refractivity contribution is 7.92. The summed E-state index contributed by atoms with van der Waals surface area (Å²) in [5.74, 6) is -0.793. The number of nitrogens with one attached hydrogen (secondary N) is 1. The molecule has 9 heteroatoms. The molecule has 1 atom stereocenters. The molecule has 0 aliphatic heterocycles. The van der Waals surface area contributed by atoms with E-state index in [4.69, 9.17) is 11.6 Å². The number of amides is 2. The quantitative estimate of drug-likeness (QED) is 0.357. The molecule has 0 heterocycles. The lowest BCUT2D eigenvalue weighted by Crippen LogP contribution is -2.51. The SMILES string of the molecule is CCCNC(=O)[C@@H](C)N(Cc1ccc(C)cc1)C(=O)CN(c1cccc(C)c1)S(=O)(=O)c1ccc(Cl)cc1. The predicted molar refractivity (Wildman–Crippen MR) is 152 cm³/mol. The molecule has 3 aromatic carbocycles. The molecule has 38 heavy (non-hydrogen) atoms. The molecule has 0 fully saturated rings. The van der Waals surface area contributed by atoms with Crippen molar-refractivity contribution in [1.82, 2.24) is 10.2 Å². The first kappa shape index (κ1) is 29.2. The number of sulfonamides is 1. The number of hydrogen-bond donors (Lipinski definition) is 1. The summed E-state index contributed by atoms with van der Waals surface area (Å²) in [5.41, 5.74) is 3.10. The van der Waals surface area contributed by atoms with Gasteiger partial charge in [0.15, 0.2) is 0 Å². The minimum absolute atomic E-state index is 0.00929.